The number of methoxy groups -OCH3 is 1. The second-order valence-corrected chi connectivity index (χ2v) is 7.09. The summed E-state index contributed by atoms with van der Waals surface area (Å²) in [5.74, 6) is 0.671. The van der Waals surface area contributed by atoms with Crippen LogP contribution >= 0.6 is 12.6 Å². The van der Waals surface area contributed by atoms with Crippen molar-refractivity contribution in [3.05, 3.63) is 29.8 Å². The predicted molar refractivity (Wildman–Crippen MR) is 95.4 cm³/mol. The molecule has 1 heterocycles. The highest BCUT2D eigenvalue weighted by Gasteiger charge is 2.57. The zero-order chi connectivity index (χ0) is 17.9. The van der Waals surface area contributed by atoms with Crippen molar-refractivity contribution in [2.45, 2.75) is 32.7 Å². The molecular formula is C18H26NO4S+. The number of quaternary nitrogens is 1. The lowest BCUT2D eigenvalue weighted by Gasteiger charge is -2.31. The molecule has 1 N–H and O–H groups in total. The van der Waals surface area contributed by atoms with Crippen LogP contribution in [0, 0.1) is 11.8 Å². The van der Waals surface area contributed by atoms with Crippen LogP contribution in [0.4, 0.5) is 4.79 Å². The van der Waals surface area contributed by atoms with E-state index in [1.807, 2.05) is 31.2 Å². The van der Waals surface area contributed by atoms with Crippen molar-refractivity contribution in [3.63, 3.8) is 0 Å². The molecule has 2 unspecified atom stereocenters. The molecule has 0 radical (unpaired) electrons. The average molecular weight is 352 g/mol. The average Bonchev–Trinajstić information content (AvgIpc) is 2.91. The van der Waals surface area contributed by atoms with Crippen LogP contribution in [-0.2, 0) is 11.2 Å². The van der Waals surface area contributed by atoms with Crippen LogP contribution in [0.2, 0.25) is 0 Å². The van der Waals surface area contributed by atoms with Crippen molar-refractivity contribution in [1.29, 1.82) is 0 Å². The summed E-state index contributed by atoms with van der Waals surface area (Å²) in [6, 6.07) is 7.52. The van der Waals surface area contributed by atoms with Gasteiger partial charge >= 0.3 is 12.0 Å². The van der Waals surface area contributed by atoms with Gasteiger partial charge in [0.2, 0.25) is 0 Å². The van der Waals surface area contributed by atoms with E-state index in [0.29, 0.717) is 25.1 Å². The molecule has 4 atom stereocenters. The minimum atomic E-state index is -1.05. The molecule has 1 fully saturated rings. The maximum absolute atomic E-state index is 12.8. The SMILES string of the molecule is COc1ccccc1C[C@H]1CC(C)[N@+](C(=O)O)(C(=O)C(C)CS)C1. The van der Waals surface area contributed by atoms with Gasteiger partial charge in [-0.3, -0.25) is 0 Å². The molecular weight excluding hydrogens is 326 g/mol. The molecule has 2 rings (SSSR count). The molecule has 5 nitrogen and oxygen atoms in total. The fourth-order valence-corrected chi connectivity index (χ4v) is 3.95. The number of likely N-dealkylation sites (tertiary alicyclic amines) is 1. The van der Waals surface area contributed by atoms with Gasteiger partial charge < -0.3 is 9.84 Å². The van der Waals surface area contributed by atoms with Gasteiger partial charge in [0.25, 0.3) is 0 Å². The van der Waals surface area contributed by atoms with Crippen LogP contribution in [-0.4, -0.2) is 47.0 Å². The highest BCUT2D eigenvalue weighted by molar-refractivity contribution is 7.80. The molecule has 132 valence electrons. The smallest absolute Gasteiger partial charge is 0.496 e. The van der Waals surface area contributed by atoms with Gasteiger partial charge in [-0.25, -0.2) is 4.79 Å². The number of thiol groups is 1. The summed E-state index contributed by atoms with van der Waals surface area (Å²) in [7, 11) is 1.63. The van der Waals surface area contributed by atoms with E-state index in [4.69, 9.17) is 4.74 Å². The number of benzene rings is 1. The highest BCUT2D eigenvalue weighted by atomic mass is 32.1. The second-order valence-electron chi connectivity index (χ2n) is 6.72. The van der Waals surface area contributed by atoms with Crippen LogP contribution in [0.5, 0.6) is 5.75 Å². The third-order valence-electron chi connectivity index (χ3n) is 5.10. The molecule has 1 saturated heterocycles. The van der Waals surface area contributed by atoms with Crippen molar-refractivity contribution in [3.8, 4) is 5.75 Å². The summed E-state index contributed by atoms with van der Waals surface area (Å²) in [5, 5.41) is 9.84. The van der Waals surface area contributed by atoms with Crippen molar-refractivity contribution in [1.82, 2.24) is 0 Å². The van der Waals surface area contributed by atoms with Gasteiger partial charge in [0, 0.05) is 18.1 Å². The number of hydrogen-bond acceptors (Lipinski definition) is 4. The predicted octanol–water partition coefficient (Wildman–Crippen LogP) is 3.23. The van der Waals surface area contributed by atoms with Crippen LogP contribution in [0.15, 0.2) is 24.3 Å². The molecule has 2 amide bonds. The Balaban J connectivity index is 2.26. The molecule has 1 aliphatic heterocycles. The van der Waals surface area contributed by atoms with E-state index in [9.17, 15) is 14.7 Å². The van der Waals surface area contributed by atoms with Gasteiger partial charge in [-0.05, 0) is 31.9 Å². The number of imide groups is 1. The Morgan fingerprint density at radius 2 is 2.08 bits per heavy atom. The molecule has 0 aliphatic carbocycles. The largest absolute Gasteiger partial charge is 0.521 e. The molecule has 0 spiro atoms. The first-order chi connectivity index (χ1) is 11.4. The number of carbonyl (C=O) groups excluding carboxylic acids is 1. The Kier molecular flexibility index (Phi) is 5.93. The molecule has 24 heavy (non-hydrogen) atoms. The Labute approximate surface area is 148 Å². The van der Waals surface area contributed by atoms with Crippen molar-refractivity contribution < 1.29 is 23.9 Å². The van der Waals surface area contributed by atoms with Crippen molar-refractivity contribution >= 4 is 24.6 Å². The number of ether oxygens (including phenoxy) is 1. The fourth-order valence-electron chi connectivity index (χ4n) is 3.79. The van der Waals surface area contributed by atoms with Gasteiger partial charge in [0.1, 0.15) is 11.8 Å². The van der Waals surface area contributed by atoms with E-state index >= 15 is 0 Å². The lowest BCUT2D eigenvalue weighted by Crippen LogP contribution is -2.60. The van der Waals surface area contributed by atoms with Gasteiger partial charge in [-0.15, -0.1) is 0 Å². The van der Waals surface area contributed by atoms with Crippen LogP contribution in [0.3, 0.4) is 0 Å². The van der Waals surface area contributed by atoms with Gasteiger partial charge in [-0.2, -0.15) is 21.9 Å². The van der Waals surface area contributed by atoms with E-state index in [2.05, 4.69) is 12.6 Å². The van der Waals surface area contributed by atoms with E-state index in [1.54, 1.807) is 14.0 Å². The van der Waals surface area contributed by atoms with Gasteiger partial charge in [-0.1, -0.05) is 18.2 Å². The normalized spacial score (nSPS) is 27.7. The second kappa shape index (κ2) is 7.57. The molecule has 1 aromatic carbocycles. The topological polar surface area (TPSA) is 63.6 Å². The summed E-state index contributed by atoms with van der Waals surface area (Å²) < 4.78 is 4.90. The zero-order valence-electron chi connectivity index (χ0n) is 14.4. The maximum atomic E-state index is 12.8. The molecule has 6 heteroatoms. The standard InChI is InChI=1S/C18H25NO4S/c1-12(11-24)17(20)19(18(21)22)10-14(8-13(19)2)9-15-6-4-5-7-16(15)23-3/h4-7,12-14H,8-11H2,1-3H3,(H-,21,22,24)/p+1/t12?,13?,14-,19+/m1/s1. The van der Waals surface area contributed by atoms with E-state index in [-0.39, 0.29) is 23.8 Å². The molecule has 0 aromatic heterocycles. The van der Waals surface area contributed by atoms with E-state index in [1.165, 1.54) is 0 Å². The van der Waals surface area contributed by atoms with Crippen molar-refractivity contribution in [2.75, 3.05) is 19.4 Å². The summed E-state index contributed by atoms with van der Waals surface area (Å²) in [4.78, 5) is 24.8. The van der Waals surface area contributed by atoms with E-state index < -0.39 is 10.6 Å². The minimum Gasteiger partial charge on any atom is -0.496 e. The van der Waals surface area contributed by atoms with Crippen LogP contribution < -0.4 is 4.74 Å². The third kappa shape index (κ3) is 3.30. The van der Waals surface area contributed by atoms with Crippen LogP contribution in [0.25, 0.3) is 0 Å². The van der Waals surface area contributed by atoms with Crippen LogP contribution in [0.1, 0.15) is 25.8 Å². The number of para-hydroxylation sites is 1. The quantitative estimate of drug-likeness (QED) is 0.631. The highest BCUT2D eigenvalue weighted by Crippen LogP contribution is 2.36. The van der Waals surface area contributed by atoms with Crippen molar-refractivity contribution in [2.24, 2.45) is 11.8 Å². The fraction of sp³-hybridized carbons (Fsp3) is 0.556. The number of hydrogen-bond donors (Lipinski definition) is 2. The number of rotatable bonds is 5. The molecule has 0 saturated carbocycles. The Morgan fingerprint density at radius 1 is 1.42 bits per heavy atom. The summed E-state index contributed by atoms with van der Waals surface area (Å²) in [5.41, 5.74) is 1.05. The first kappa shape index (κ1) is 18.8. The molecule has 0 bridgehead atoms. The number of carbonyl (C=O) groups is 2. The first-order valence-corrected chi connectivity index (χ1v) is 8.88. The monoisotopic (exact) mass is 352 g/mol. The third-order valence-corrected chi connectivity index (χ3v) is 5.65. The summed E-state index contributed by atoms with van der Waals surface area (Å²) in [6.07, 6.45) is 0.364. The van der Waals surface area contributed by atoms with E-state index in [0.717, 1.165) is 11.3 Å². The van der Waals surface area contributed by atoms with Gasteiger partial charge in [0.15, 0.2) is 0 Å². The summed E-state index contributed by atoms with van der Waals surface area (Å²) in [6.45, 7) is 3.93. The lowest BCUT2D eigenvalue weighted by atomic mass is 9.96. The number of amides is 2. The minimum absolute atomic E-state index is 0.128. The summed E-state index contributed by atoms with van der Waals surface area (Å²) >= 11 is 4.17. The Morgan fingerprint density at radius 3 is 2.67 bits per heavy atom. The maximum Gasteiger partial charge on any atom is 0.521 e. The van der Waals surface area contributed by atoms with Gasteiger partial charge in [0.05, 0.1) is 19.6 Å². The Bertz CT molecular complexity index is 621. The molecule has 1 aromatic rings. The lowest BCUT2D eigenvalue weighted by molar-refractivity contribution is -0.795. The first-order valence-electron chi connectivity index (χ1n) is 8.25. The number of carboxylic acid groups (broad SMARTS) is 1. The molecule has 1 aliphatic rings. The number of nitrogens with zero attached hydrogens (tertiary/aromatic N) is 1. The Hall–Kier alpha value is -1.53. The zero-order valence-corrected chi connectivity index (χ0v) is 15.3.